The third-order valence-electron chi connectivity index (χ3n) is 3.50. The van der Waals surface area contributed by atoms with E-state index >= 15 is 0 Å². The van der Waals surface area contributed by atoms with Gasteiger partial charge in [-0.1, -0.05) is 24.3 Å². The number of likely N-dealkylation sites (N-methyl/N-ethyl adjacent to an activating group) is 1. The molecule has 2 rings (SSSR count). The zero-order valence-electron chi connectivity index (χ0n) is 13.8. The van der Waals surface area contributed by atoms with E-state index < -0.39 is 28.8 Å². The summed E-state index contributed by atoms with van der Waals surface area (Å²) in [7, 11) is 1.41. The molecule has 0 radical (unpaired) electrons. The standard InChI is InChI=1S/C18H18F2N2O2S/c1-11(25-13-6-4-3-5-7-13)17(23)22-16(18(24)21-2)12-8-9-14(19)15(20)10-12/h3-11,16H,1-2H3,(H,21,24)(H,22,23). The lowest BCUT2D eigenvalue weighted by Gasteiger charge is -2.20. The minimum atomic E-state index is -1.11. The first-order valence-corrected chi connectivity index (χ1v) is 8.49. The summed E-state index contributed by atoms with van der Waals surface area (Å²) in [6, 6.07) is 11.3. The van der Waals surface area contributed by atoms with Crippen LogP contribution in [0.3, 0.4) is 0 Å². The van der Waals surface area contributed by atoms with Crippen molar-refractivity contribution in [3.63, 3.8) is 0 Å². The highest BCUT2D eigenvalue weighted by molar-refractivity contribution is 8.00. The Hall–Kier alpha value is -2.41. The van der Waals surface area contributed by atoms with Crippen LogP contribution in [0.2, 0.25) is 0 Å². The summed E-state index contributed by atoms with van der Waals surface area (Å²) in [5.74, 6) is -2.99. The van der Waals surface area contributed by atoms with Gasteiger partial charge in [0.15, 0.2) is 11.6 Å². The van der Waals surface area contributed by atoms with Crippen LogP contribution >= 0.6 is 11.8 Å². The number of thioether (sulfide) groups is 1. The van der Waals surface area contributed by atoms with E-state index in [0.29, 0.717) is 0 Å². The predicted molar refractivity (Wildman–Crippen MR) is 93.1 cm³/mol. The summed E-state index contributed by atoms with van der Waals surface area (Å²) >= 11 is 1.34. The van der Waals surface area contributed by atoms with E-state index in [1.807, 2.05) is 30.3 Å². The van der Waals surface area contributed by atoms with E-state index in [1.54, 1.807) is 6.92 Å². The topological polar surface area (TPSA) is 58.2 Å². The molecule has 2 atom stereocenters. The Balaban J connectivity index is 2.14. The van der Waals surface area contributed by atoms with Crippen molar-refractivity contribution >= 4 is 23.6 Å². The van der Waals surface area contributed by atoms with E-state index in [-0.39, 0.29) is 11.5 Å². The second-order valence-electron chi connectivity index (χ2n) is 5.30. The van der Waals surface area contributed by atoms with Crippen molar-refractivity contribution in [2.75, 3.05) is 7.05 Å². The summed E-state index contributed by atoms with van der Waals surface area (Å²) in [5, 5.41) is 4.53. The molecule has 25 heavy (non-hydrogen) atoms. The van der Waals surface area contributed by atoms with Crippen LogP contribution in [0.15, 0.2) is 53.4 Å². The summed E-state index contributed by atoms with van der Waals surface area (Å²) in [6.45, 7) is 1.71. The number of halogens is 2. The highest BCUT2D eigenvalue weighted by Crippen LogP contribution is 2.24. The monoisotopic (exact) mass is 364 g/mol. The van der Waals surface area contributed by atoms with Crippen LogP contribution in [-0.4, -0.2) is 24.1 Å². The first kappa shape index (κ1) is 18.9. The SMILES string of the molecule is CNC(=O)C(NC(=O)C(C)Sc1ccccc1)c1ccc(F)c(F)c1. The van der Waals surface area contributed by atoms with Crippen LogP contribution in [-0.2, 0) is 9.59 Å². The maximum Gasteiger partial charge on any atom is 0.246 e. The van der Waals surface area contributed by atoms with Gasteiger partial charge in [-0.15, -0.1) is 11.8 Å². The van der Waals surface area contributed by atoms with Gasteiger partial charge in [0.2, 0.25) is 11.8 Å². The molecule has 0 spiro atoms. The number of carbonyl (C=O) groups is 2. The summed E-state index contributed by atoms with van der Waals surface area (Å²) < 4.78 is 26.6. The first-order chi connectivity index (χ1) is 11.9. The van der Waals surface area contributed by atoms with Crippen molar-refractivity contribution in [3.8, 4) is 0 Å². The van der Waals surface area contributed by atoms with Gasteiger partial charge in [-0.05, 0) is 36.8 Å². The molecule has 7 heteroatoms. The number of benzene rings is 2. The maximum absolute atomic E-state index is 13.5. The Kier molecular flexibility index (Phi) is 6.52. The molecule has 2 N–H and O–H groups in total. The molecule has 0 fully saturated rings. The fourth-order valence-electron chi connectivity index (χ4n) is 2.15. The molecule has 2 unspecified atom stereocenters. The first-order valence-electron chi connectivity index (χ1n) is 7.61. The van der Waals surface area contributed by atoms with Gasteiger partial charge in [0, 0.05) is 11.9 Å². The molecule has 0 saturated carbocycles. The average molecular weight is 364 g/mol. The van der Waals surface area contributed by atoms with Crippen LogP contribution in [0.25, 0.3) is 0 Å². The lowest BCUT2D eigenvalue weighted by Crippen LogP contribution is -2.42. The lowest BCUT2D eigenvalue weighted by atomic mass is 10.1. The van der Waals surface area contributed by atoms with Crippen molar-refractivity contribution in [2.45, 2.75) is 23.1 Å². The Morgan fingerprint density at radius 2 is 1.68 bits per heavy atom. The zero-order valence-corrected chi connectivity index (χ0v) is 14.6. The van der Waals surface area contributed by atoms with E-state index in [9.17, 15) is 18.4 Å². The van der Waals surface area contributed by atoms with Crippen LogP contribution in [0.5, 0.6) is 0 Å². The molecule has 2 aromatic carbocycles. The molecular formula is C18H18F2N2O2S. The van der Waals surface area contributed by atoms with Crippen LogP contribution in [0, 0.1) is 11.6 Å². The van der Waals surface area contributed by atoms with Gasteiger partial charge >= 0.3 is 0 Å². The second kappa shape index (κ2) is 8.62. The molecule has 0 saturated heterocycles. The second-order valence-corrected chi connectivity index (χ2v) is 6.72. The maximum atomic E-state index is 13.5. The van der Waals surface area contributed by atoms with E-state index in [2.05, 4.69) is 10.6 Å². The molecule has 0 aliphatic rings. The minimum absolute atomic E-state index is 0.170. The molecule has 2 amide bonds. The molecule has 132 valence electrons. The van der Waals surface area contributed by atoms with E-state index in [0.717, 1.165) is 17.0 Å². The fourth-order valence-corrected chi connectivity index (χ4v) is 3.05. The third kappa shape index (κ3) is 5.03. The smallest absolute Gasteiger partial charge is 0.246 e. The molecule has 0 aromatic heterocycles. The van der Waals surface area contributed by atoms with Crippen molar-refractivity contribution in [3.05, 3.63) is 65.7 Å². The lowest BCUT2D eigenvalue weighted by molar-refractivity contribution is -0.128. The fraction of sp³-hybridized carbons (Fsp3) is 0.222. The van der Waals surface area contributed by atoms with Crippen molar-refractivity contribution in [2.24, 2.45) is 0 Å². The molecule has 0 bridgehead atoms. The van der Waals surface area contributed by atoms with Gasteiger partial charge in [0.05, 0.1) is 5.25 Å². The van der Waals surface area contributed by atoms with Crippen molar-refractivity contribution < 1.29 is 18.4 Å². The highest BCUT2D eigenvalue weighted by Gasteiger charge is 2.25. The molecule has 0 aliphatic carbocycles. The molecular weight excluding hydrogens is 346 g/mol. The van der Waals surface area contributed by atoms with Crippen LogP contribution < -0.4 is 10.6 Å². The van der Waals surface area contributed by atoms with Crippen molar-refractivity contribution in [1.82, 2.24) is 10.6 Å². The Labute approximate surface area is 149 Å². The number of carbonyl (C=O) groups excluding carboxylic acids is 2. The molecule has 0 aliphatic heterocycles. The molecule has 0 heterocycles. The number of hydrogen-bond donors (Lipinski definition) is 2. The van der Waals surface area contributed by atoms with Crippen LogP contribution in [0.4, 0.5) is 8.78 Å². The quantitative estimate of drug-likeness (QED) is 0.775. The van der Waals surface area contributed by atoms with Gasteiger partial charge in [-0.3, -0.25) is 9.59 Å². The molecule has 2 aromatic rings. The average Bonchev–Trinajstić information content (AvgIpc) is 2.62. The van der Waals surface area contributed by atoms with Crippen molar-refractivity contribution in [1.29, 1.82) is 0 Å². The van der Waals surface area contributed by atoms with Crippen LogP contribution in [0.1, 0.15) is 18.5 Å². The van der Waals surface area contributed by atoms with Gasteiger partial charge in [-0.2, -0.15) is 0 Å². The zero-order chi connectivity index (χ0) is 18.4. The normalized spacial score (nSPS) is 13.0. The van der Waals surface area contributed by atoms with E-state index in [1.165, 1.54) is 24.9 Å². The Morgan fingerprint density at radius 1 is 1.00 bits per heavy atom. The number of nitrogens with one attached hydrogen (secondary N) is 2. The summed E-state index contributed by atoms with van der Waals surface area (Å²) in [6.07, 6.45) is 0. The molecule has 4 nitrogen and oxygen atoms in total. The van der Waals surface area contributed by atoms with Gasteiger partial charge < -0.3 is 10.6 Å². The largest absolute Gasteiger partial charge is 0.357 e. The predicted octanol–water partition coefficient (Wildman–Crippen LogP) is 3.05. The third-order valence-corrected chi connectivity index (χ3v) is 4.61. The van der Waals surface area contributed by atoms with Gasteiger partial charge in [0.1, 0.15) is 6.04 Å². The Bertz CT molecular complexity index is 756. The Morgan fingerprint density at radius 3 is 2.28 bits per heavy atom. The number of amides is 2. The number of rotatable bonds is 6. The summed E-state index contributed by atoms with van der Waals surface area (Å²) in [4.78, 5) is 25.4. The minimum Gasteiger partial charge on any atom is -0.357 e. The highest BCUT2D eigenvalue weighted by atomic mass is 32.2. The van der Waals surface area contributed by atoms with Gasteiger partial charge in [-0.25, -0.2) is 8.78 Å². The summed E-state index contributed by atoms with van der Waals surface area (Å²) in [5.41, 5.74) is 0.170. The van der Waals surface area contributed by atoms with Gasteiger partial charge in [0.25, 0.3) is 0 Å². The number of hydrogen-bond acceptors (Lipinski definition) is 3. The van der Waals surface area contributed by atoms with E-state index in [4.69, 9.17) is 0 Å².